The summed E-state index contributed by atoms with van der Waals surface area (Å²) in [7, 11) is 0. The van der Waals surface area contributed by atoms with Crippen molar-refractivity contribution in [3.8, 4) is 0 Å². The highest BCUT2D eigenvalue weighted by atomic mass is 35.5. The monoisotopic (exact) mass is 429 g/mol. The normalized spacial score (nSPS) is 11.5. The van der Waals surface area contributed by atoms with Crippen molar-refractivity contribution in [1.82, 2.24) is 4.57 Å². The van der Waals surface area contributed by atoms with Gasteiger partial charge in [0.15, 0.2) is 5.43 Å². The first-order valence-corrected chi connectivity index (χ1v) is 9.37. The van der Waals surface area contributed by atoms with Crippen molar-refractivity contribution in [2.24, 2.45) is 0 Å². The third-order valence-electron chi connectivity index (χ3n) is 4.36. The number of fused-ring (bicyclic) bond motifs is 1. The number of esters is 1. The van der Waals surface area contributed by atoms with Crippen molar-refractivity contribution in [2.45, 2.75) is 13.5 Å². The number of carbonyl (C=O) groups is 2. The molecule has 1 heterocycles. The summed E-state index contributed by atoms with van der Waals surface area (Å²) in [6, 6.07) is 10.7. The molecule has 0 spiro atoms. The quantitative estimate of drug-likeness (QED) is 0.278. The number of aromatic nitrogens is 1. The molecule has 0 aliphatic heterocycles. The second-order valence-electron chi connectivity index (χ2n) is 6.37. The average Bonchev–Trinajstić information content (AvgIpc) is 2.71. The molecule has 0 saturated heterocycles. The summed E-state index contributed by atoms with van der Waals surface area (Å²) in [5.74, 6) is -3.39. The molecular formula is C22H17ClFNO5. The summed E-state index contributed by atoms with van der Waals surface area (Å²) in [4.78, 5) is 36.3. The minimum atomic E-state index is -1.15. The van der Waals surface area contributed by atoms with Crippen LogP contribution in [0.5, 0.6) is 0 Å². The molecule has 8 heteroatoms. The minimum Gasteiger partial charge on any atom is -0.507 e. The Balaban J connectivity index is 2.16. The molecule has 0 radical (unpaired) electrons. The minimum absolute atomic E-state index is 0.00858. The van der Waals surface area contributed by atoms with Gasteiger partial charge in [-0.2, -0.15) is 0 Å². The van der Waals surface area contributed by atoms with E-state index in [-0.39, 0.29) is 24.1 Å². The van der Waals surface area contributed by atoms with Gasteiger partial charge in [-0.3, -0.25) is 9.59 Å². The molecule has 2 aromatic carbocycles. The predicted octanol–water partition coefficient (Wildman–Crippen LogP) is 3.87. The van der Waals surface area contributed by atoms with Crippen LogP contribution in [0, 0.1) is 5.82 Å². The summed E-state index contributed by atoms with van der Waals surface area (Å²) < 4.78 is 20.3. The van der Waals surface area contributed by atoms with Crippen LogP contribution < -0.4 is 5.43 Å². The fourth-order valence-corrected chi connectivity index (χ4v) is 3.12. The van der Waals surface area contributed by atoms with Gasteiger partial charge in [-0.15, -0.1) is 0 Å². The molecular weight excluding hydrogens is 413 g/mol. The Kier molecular flexibility index (Phi) is 6.32. The first-order valence-electron chi connectivity index (χ1n) is 9.00. The fraction of sp³-hybridized carbons (Fsp3) is 0.136. The van der Waals surface area contributed by atoms with Gasteiger partial charge in [-0.05, 0) is 31.2 Å². The second kappa shape index (κ2) is 8.92. The van der Waals surface area contributed by atoms with Gasteiger partial charge in [0.25, 0.3) is 5.78 Å². The van der Waals surface area contributed by atoms with Crippen LogP contribution in [0.15, 0.2) is 59.5 Å². The molecule has 0 aliphatic carbocycles. The number of pyridine rings is 1. The van der Waals surface area contributed by atoms with Gasteiger partial charge >= 0.3 is 5.97 Å². The molecule has 0 aliphatic rings. The third kappa shape index (κ3) is 4.41. The zero-order chi connectivity index (χ0) is 21.8. The van der Waals surface area contributed by atoms with Gasteiger partial charge in [0.05, 0.1) is 24.2 Å². The van der Waals surface area contributed by atoms with Crippen LogP contribution in [-0.4, -0.2) is 28.0 Å². The van der Waals surface area contributed by atoms with E-state index in [0.29, 0.717) is 22.2 Å². The first kappa shape index (κ1) is 21.3. The number of aliphatic hydroxyl groups is 1. The fourth-order valence-electron chi connectivity index (χ4n) is 2.95. The Bertz CT molecular complexity index is 1230. The lowest BCUT2D eigenvalue weighted by Gasteiger charge is -2.14. The molecule has 0 saturated carbocycles. The number of halogens is 2. The van der Waals surface area contributed by atoms with Gasteiger partial charge in [-0.1, -0.05) is 29.8 Å². The largest absolute Gasteiger partial charge is 0.507 e. The summed E-state index contributed by atoms with van der Waals surface area (Å²) in [5, 5.41) is 10.9. The van der Waals surface area contributed by atoms with Crippen LogP contribution in [0.1, 0.15) is 18.1 Å². The molecule has 154 valence electrons. The Hall–Kier alpha value is -3.45. The SMILES string of the molecule is CCOC(=O)C(=O)C=C(O)c1cn(Cc2ccccc2F)c2cc(Cl)ccc2c1=O. The maximum Gasteiger partial charge on any atom is 0.379 e. The summed E-state index contributed by atoms with van der Waals surface area (Å²) >= 11 is 6.07. The number of hydrogen-bond acceptors (Lipinski definition) is 5. The number of hydrogen-bond donors (Lipinski definition) is 1. The molecule has 0 amide bonds. The van der Waals surface area contributed by atoms with Crippen molar-refractivity contribution in [3.63, 3.8) is 0 Å². The topological polar surface area (TPSA) is 85.6 Å². The van der Waals surface area contributed by atoms with Crippen LogP contribution in [0.2, 0.25) is 5.02 Å². The number of benzene rings is 2. The molecule has 30 heavy (non-hydrogen) atoms. The van der Waals surface area contributed by atoms with Crippen LogP contribution in [0.4, 0.5) is 4.39 Å². The molecule has 1 N–H and O–H groups in total. The van der Waals surface area contributed by atoms with Crippen molar-refractivity contribution < 1.29 is 23.8 Å². The summed E-state index contributed by atoms with van der Waals surface area (Å²) in [6.45, 7) is 1.56. The smallest absolute Gasteiger partial charge is 0.379 e. The van der Waals surface area contributed by atoms with E-state index < -0.39 is 28.8 Å². The van der Waals surface area contributed by atoms with Crippen LogP contribution in [0.3, 0.4) is 0 Å². The Labute approximate surface area is 175 Å². The van der Waals surface area contributed by atoms with E-state index >= 15 is 0 Å². The number of carbonyl (C=O) groups excluding carboxylic acids is 2. The molecule has 1 aromatic heterocycles. The standard InChI is InChI=1S/C22H17ClFNO5/c1-2-30-22(29)20(27)10-19(26)16-12-25(11-13-5-3-4-6-17(13)24)18-9-14(23)7-8-15(18)21(16)28/h3-10,12,26H,2,11H2,1H3. The van der Waals surface area contributed by atoms with E-state index in [1.165, 1.54) is 35.9 Å². The molecule has 6 nitrogen and oxygen atoms in total. The Morgan fingerprint density at radius 2 is 1.97 bits per heavy atom. The molecule has 0 bridgehead atoms. The van der Waals surface area contributed by atoms with E-state index in [1.807, 2.05) is 0 Å². The lowest BCUT2D eigenvalue weighted by Crippen LogP contribution is -2.18. The lowest BCUT2D eigenvalue weighted by atomic mass is 10.1. The third-order valence-corrected chi connectivity index (χ3v) is 4.60. The van der Waals surface area contributed by atoms with Gasteiger partial charge in [0, 0.05) is 28.2 Å². The van der Waals surface area contributed by atoms with E-state index in [2.05, 4.69) is 4.74 Å². The van der Waals surface area contributed by atoms with Crippen LogP contribution >= 0.6 is 11.6 Å². The number of ether oxygens (including phenoxy) is 1. The number of ketones is 1. The Morgan fingerprint density at radius 3 is 2.67 bits per heavy atom. The van der Waals surface area contributed by atoms with E-state index in [1.54, 1.807) is 24.3 Å². The van der Waals surface area contributed by atoms with Gasteiger partial charge < -0.3 is 14.4 Å². The molecule has 0 unspecified atom stereocenters. The van der Waals surface area contributed by atoms with Crippen molar-refractivity contribution in [2.75, 3.05) is 6.61 Å². The van der Waals surface area contributed by atoms with Crippen molar-refractivity contribution >= 4 is 40.0 Å². The Morgan fingerprint density at radius 1 is 1.23 bits per heavy atom. The van der Waals surface area contributed by atoms with Gasteiger partial charge in [0.1, 0.15) is 11.6 Å². The van der Waals surface area contributed by atoms with E-state index in [0.717, 1.165) is 0 Å². The molecule has 0 fully saturated rings. The van der Waals surface area contributed by atoms with Crippen molar-refractivity contribution in [1.29, 1.82) is 0 Å². The highest BCUT2D eigenvalue weighted by molar-refractivity contribution is 6.39. The zero-order valence-corrected chi connectivity index (χ0v) is 16.6. The highest BCUT2D eigenvalue weighted by Crippen LogP contribution is 2.21. The van der Waals surface area contributed by atoms with Gasteiger partial charge in [-0.25, -0.2) is 9.18 Å². The zero-order valence-electron chi connectivity index (χ0n) is 15.9. The average molecular weight is 430 g/mol. The molecule has 3 aromatic rings. The predicted molar refractivity (Wildman–Crippen MR) is 111 cm³/mol. The van der Waals surface area contributed by atoms with Crippen LogP contribution in [-0.2, 0) is 20.9 Å². The maximum absolute atomic E-state index is 14.2. The summed E-state index contributed by atoms with van der Waals surface area (Å²) in [6.07, 6.45) is 1.92. The maximum atomic E-state index is 14.2. The number of rotatable bonds is 6. The molecule has 3 rings (SSSR count). The van der Waals surface area contributed by atoms with E-state index in [4.69, 9.17) is 11.6 Å². The second-order valence-corrected chi connectivity index (χ2v) is 6.80. The van der Waals surface area contributed by atoms with E-state index in [9.17, 15) is 23.9 Å². The highest BCUT2D eigenvalue weighted by Gasteiger charge is 2.18. The van der Waals surface area contributed by atoms with Gasteiger partial charge in [0.2, 0.25) is 0 Å². The summed E-state index contributed by atoms with van der Waals surface area (Å²) in [5.41, 5.74) is -0.0286. The van der Waals surface area contributed by atoms with Crippen LogP contribution in [0.25, 0.3) is 16.7 Å². The number of nitrogens with zero attached hydrogens (tertiary/aromatic N) is 1. The van der Waals surface area contributed by atoms with Crippen molar-refractivity contribution in [3.05, 3.63) is 86.9 Å². The molecule has 0 atom stereocenters. The number of aliphatic hydroxyl groups excluding tert-OH is 1. The first-order chi connectivity index (χ1) is 14.3. The lowest BCUT2D eigenvalue weighted by molar-refractivity contribution is -0.151.